The third-order valence-electron chi connectivity index (χ3n) is 4.04. The Kier molecular flexibility index (Phi) is 4.88. The van der Waals surface area contributed by atoms with Crippen LogP contribution in [0.5, 0.6) is 0 Å². The number of ketones is 1. The number of hydrogen-bond donors (Lipinski definition) is 2. The Morgan fingerprint density at radius 2 is 2.00 bits per heavy atom. The van der Waals surface area contributed by atoms with Crippen molar-refractivity contribution in [1.82, 2.24) is 30.3 Å². The molecule has 3 heterocycles. The Hall–Kier alpha value is -2.58. The van der Waals surface area contributed by atoms with Crippen LogP contribution in [0.25, 0.3) is 0 Å². The summed E-state index contributed by atoms with van der Waals surface area (Å²) in [4.78, 5) is 38.7. The number of nitrogens with zero attached hydrogens (tertiary/aromatic N) is 5. The summed E-state index contributed by atoms with van der Waals surface area (Å²) in [5.41, 5.74) is 0. The summed E-state index contributed by atoms with van der Waals surface area (Å²) in [5, 5.41) is 10.6. The van der Waals surface area contributed by atoms with Crippen LogP contribution in [-0.2, 0) is 30.8 Å². The van der Waals surface area contributed by atoms with Gasteiger partial charge in [-0.25, -0.2) is 4.79 Å². The van der Waals surface area contributed by atoms with Gasteiger partial charge >= 0.3 is 16.4 Å². The summed E-state index contributed by atoms with van der Waals surface area (Å²) in [5.74, 6) is -0.861. The third kappa shape index (κ3) is 3.97. The van der Waals surface area contributed by atoms with Gasteiger partial charge in [0.05, 0.1) is 25.0 Å². The highest BCUT2D eigenvalue weighted by atomic mass is 32.3. The number of carbonyl (C=O) groups excluding carboxylic acids is 3. The Balaban J connectivity index is 1.56. The van der Waals surface area contributed by atoms with E-state index in [4.69, 9.17) is 4.55 Å². The van der Waals surface area contributed by atoms with E-state index in [0.717, 1.165) is 4.90 Å². The number of aromatic nitrogens is 3. The smallest absolute Gasteiger partial charge is 0.347 e. The minimum absolute atomic E-state index is 0.0809. The van der Waals surface area contributed by atoms with Crippen LogP contribution < -0.4 is 5.32 Å². The lowest BCUT2D eigenvalue weighted by atomic mass is 10.0. The van der Waals surface area contributed by atoms with Crippen molar-refractivity contribution >= 4 is 28.1 Å². The zero-order valence-electron chi connectivity index (χ0n) is 13.4. The van der Waals surface area contributed by atoms with Crippen molar-refractivity contribution in [3.63, 3.8) is 0 Å². The number of carbonyl (C=O) groups is 3. The van der Waals surface area contributed by atoms with Gasteiger partial charge in [-0.3, -0.25) is 14.1 Å². The van der Waals surface area contributed by atoms with Crippen molar-refractivity contribution in [2.24, 2.45) is 0 Å². The molecule has 3 amide bonds. The average molecular weight is 388 g/mol. The minimum Gasteiger partial charge on any atom is -0.347 e. The first kappa shape index (κ1) is 18.2. The normalized spacial score (nSPS) is 22.6. The number of amides is 3. The van der Waals surface area contributed by atoms with Crippen LogP contribution in [0.15, 0.2) is 12.4 Å². The summed E-state index contributed by atoms with van der Waals surface area (Å²) in [6, 6.07) is -2.28. The predicted molar refractivity (Wildman–Crippen MR) is 81.4 cm³/mol. The molecule has 2 N–H and O–H groups in total. The highest BCUT2D eigenvalue weighted by molar-refractivity contribution is 7.80. The quantitative estimate of drug-likeness (QED) is 0.501. The van der Waals surface area contributed by atoms with E-state index >= 15 is 0 Å². The van der Waals surface area contributed by atoms with Gasteiger partial charge in [0.1, 0.15) is 12.6 Å². The van der Waals surface area contributed by atoms with E-state index in [0.29, 0.717) is 11.5 Å². The van der Waals surface area contributed by atoms with Crippen molar-refractivity contribution in [1.29, 1.82) is 0 Å². The predicted octanol–water partition coefficient (Wildman–Crippen LogP) is -2.03. The van der Waals surface area contributed by atoms with Crippen molar-refractivity contribution in [2.45, 2.75) is 31.5 Å². The molecule has 14 heteroatoms. The van der Waals surface area contributed by atoms with Gasteiger partial charge in [-0.05, 0) is 12.8 Å². The molecule has 2 aliphatic heterocycles. The topological polar surface area (TPSA) is 164 Å². The maximum Gasteiger partial charge on any atom is 0.418 e. The van der Waals surface area contributed by atoms with Crippen LogP contribution in [-0.4, -0.2) is 80.8 Å². The van der Waals surface area contributed by atoms with E-state index in [1.807, 2.05) is 0 Å². The maximum absolute atomic E-state index is 12.3. The first-order valence-electron chi connectivity index (χ1n) is 7.65. The van der Waals surface area contributed by atoms with Crippen molar-refractivity contribution in [3.8, 4) is 0 Å². The Bertz CT molecular complexity index is 810. The molecule has 3 rings (SSSR count). The molecule has 2 fully saturated rings. The molecule has 26 heavy (non-hydrogen) atoms. The van der Waals surface area contributed by atoms with Crippen LogP contribution in [0.2, 0.25) is 0 Å². The minimum atomic E-state index is -4.84. The highest BCUT2D eigenvalue weighted by Crippen LogP contribution is 2.30. The number of piperidine rings is 1. The number of hydroxylamine groups is 2. The lowest BCUT2D eigenvalue weighted by molar-refractivity contribution is -0.129. The number of urea groups is 1. The van der Waals surface area contributed by atoms with E-state index in [1.54, 1.807) is 0 Å². The second-order valence-corrected chi connectivity index (χ2v) is 6.83. The molecule has 0 aliphatic carbocycles. The van der Waals surface area contributed by atoms with Gasteiger partial charge in [0.15, 0.2) is 5.78 Å². The second-order valence-electron chi connectivity index (χ2n) is 5.83. The Morgan fingerprint density at radius 3 is 2.65 bits per heavy atom. The van der Waals surface area contributed by atoms with E-state index in [2.05, 4.69) is 19.8 Å². The number of nitrogens with one attached hydrogen (secondary N) is 1. The summed E-state index contributed by atoms with van der Waals surface area (Å²) in [6.07, 6.45) is 3.41. The average Bonchev–Trinajstić information content (AvgIpc) is 3.15. The van der Waals surface area contributed by atoms with Crippen molar-refractivity contribution in [2.75, 3.05) is 13.1 Å². The lowest BCUT2D eigenvalue weighted by Crippen LogP contribution is -2.50. The molecular weight excluding hydrogens is 372 g/mol. The largest absolute Gasteiger partial charge is 0.418 e. The second kappa shape index (κ2) is 6.97. The molecule has 1 aromatic rings. The molecule has 0 unspecified atom stereocenters. The highest BCUT2D eigenvalue weighted by Gasteiger charge is 2.49. The fourth-order valence-corrected chi connectivity index (χ4v) is 3.33. The fourth-order valence-electron chi connectivity index (χ4n) is 2.95. The number of hydrogen-bond acceptors (Lipinski definition) is 8. The van der Waals surface area contributed by atoms with Gasteiger partial charge in [-0.15, -0.1) is 4.28 Å². The van der Waals surface area contributed by atoms with Gasteiger partial charge in [-0.2, -0.15) is 28.5 Å². The molecule has 2 aliphatic rings. The molecule has 0 radical (unpaired) electrons. The van der Waals surface area contributed by atoms with Gasteiger partial charge in [0.2, 0.25) is 5.91 Å². The van der Waals surface area contributed by atoms with Crippen LogP contribution in [0.3, 0.4) is 0 Å². The zero-order chi connectivity index (χ0) is 18.9. The first-order chi connectivity index (χ1) is 12.2. The summed E-state index contributed by atoms with van der Waals surface area (Å²) in [6.45, 7) is -0.274. The van der Waals surface area contributed by atoms with Crippen molar-refractivity contribution < 1.29 is 31.6 Å². The fraction of sp³-hybridized carbons (Fsp3) is 0.583. The SMILES string of the molecule is O=C(CNC(=O)[C@@H]1CC[C@@H]2CN1C(=O)N2OS(=O)(=O)O)Cn1nccn1. The van der Waals surface area contributed by atoms with E-state index in [-0.39, 0.29) is 31.8 Å². The number of rotatable bonds is 7. The summed E-state index contributed by atoms with van der Waals surface area (Å²) >= 11 is 0. The lowest BCUT2D eigenvalue weighted by Gasteiger charge is -2.29. The van der Waals surface area contributed by atoms with Gasteiger partial charge in [0.25, 0.3) is 0 Å². The Labute approximate surface area is 147 Å². The molecule has 0 saturated carbocycles. The molecule has 0 spiro atoms. The third-order valence-corrected chi connectivity index (χ3v) is 4.39. The van der Waals surface area contributed by atoms with Crippen molar-refractivity contribution in [3.05, 3.63) is 12.4 Å². The maximum atomic E-state index is 12.3. The molecular formula is C12H16N6O7S. The Morgan fingerprint density at radius 1 is 1.31 bits per heavy atom. The van der Waals surface area contributed by atoms with E-state index in [1.165, 1.54) is 17.2 Å². The number of fused-ring (bicyclic) bond motifs is 2. The van der Waals surface area contributed by atoms with Crippen LogP contribution in [0, 0.1) is 0 Å². The van der Waals surface area contributed by atoms with E-state index < -0.39 is 34.4 Å². The first-order valence-corrected chi connectivity index (χ1v) is 9.01. The monoisotopic (exact) mass is 388 g/mol. The van der Waals surface area contributed by atoms with Gasteiger partial charge in [-0.1, -0.05) is 0 Å². The molecule has 2 saturated heterocycles. The molecule has 0 aromatic carbocycles. The number of Topliss-reactive ketones (excluding diaryl/α,β-unsaturated/α-hetero) is 1. The van der Waals surface area contributed by atoms with Crippen LogP contribution in [0.1, 0.15) is 12.8 Å². The molecule has 2 atom stereocenters. The molecule has 13 nitrogen and oxygen atoms in total. The molecule has 2 bridgehead atoms. The zero-order valence-corrected chi connectivity index (χ0v) is 14.2. The van der Waals surface area contributed by atoms with Crippen LogP contribution in [0.4, 0.5) is 4.79 Å². The molecule has 1 aromatic heterocycles. The summed E-state index contributed by atoms with van der Waals surface area (Å²) < 4.78 is 34.7. The van der Waals surface area contributed by atoms with Gasteiger partial charge in [0, 0.05) is 6.54 Å². The van der Waals surface area contributed by atoms with Gasteiger partial charge < -0.3 is 10.2 Å². The van der Waals surface area contributed by atoms with Crippen LogP contribution >= 0.6 is 0 Å². The molecule has 142 valence electrons. The standard InChI is InChI=1S/C12H16N6O7S/c19-9(7-17-14-3-4-15-17)5-13-11(20)10-2-1-8-6-16(10)12(21)18(8)25-26(22,23)24/h3-4,8,10H,1-2,5-7H2,(H,13,20)(H,22,23,24)/t8-,10+/m1/s1. The van der Waals surface area contributed by atoms with E-state index in [9.17, 15) is 22.8 Å². The summed E-state index contributed by atoms with van der Waals surface area (Å²) in [7, 11) is -4.84.